The van der Waals surface area contributed by atoms with Crippen molar-refractivity contribution in [1.29, 1.82) is 0 Å². The molecule has 0 amide bonds. The van der Waals surface area contributed by atoms with E-state index in [4.69, 9.17) is 5.73 Å². The van der Waals surface area contributed by atoms with Crippen LogP contribution < -0.4 is 10.6 Å². The minimum absolute atomic E-state index is 0.363. The van der Waals surface area contributed by atoms with Gasteiger partial charge >= 0.3 is 0 Å². The average Bonchev–Trinajstić information content (AvgIpc) is 2.52. The molecule has 1 aromatic rings. The number of aromatic hydroxyl groups is 1. The zero-order valence-electron chi connectivity index (χ0n) is 9.11. The summed E-state index contributed by atoms with van der Waals surface area (Å²) in [6.07, 6.45) is 3.22. The predicted molar refractivity (Wildman–Crippen MR) is 62.3 cm³/mol. The Labute approximate surface area is 90.5 Å². The smallest absolute Gasteiger partial charge is 0.116 e. The summed E-state index contributed by atoms with van der Waals surface area (Å²) in [4.78, 5) is 2.30. The number of fused-ring (bicyclic) bond motifs is 1. The molecule has 0 aliphatic carbocycles. The Morgan fingerprint density at radius 2 is 2.33 bits per heavy atom. The fraction of sp³-hybridized carbons (Fsp3) is 0.500. The number of phenolic OH excluding ortho intramolecular Hbond substituents is 1. The highest BCUT2D eigenvalue weighted by atomic mass is 16.3. The summed E-state index contributed by atoms with van der Waals surface area (Å²) in [5.41, 5.74) is 8.02. The Kier molecular flexibility index (Phi) is 2.82. The summed E-state index contributed by atoms with van der Waals surface area (Å²) in [5.74, 6) is 0.363. The Balaban J connectivity index is 2.14. The lowest BCUT2D eigenvalue weighted by atomic mass is 10.1. The van der Waals surface area contributed by atoms with E-state index in [1.807, 2.05) is 12.1 Å². The number of rotatable bonds is 3. The van der Waals surface area contributed by atoms with Crippen LogP contribution in [0.1, 0.15) is 18.4 Å². The van der Waals surface area contributed by atoms with E-state index in [1.165, 1.54) is 11.3 Å². The van der Waals surface area contributed by atoms with Gasteiger partial charge in [-0.25, -0.2) is 0 Å². The highest BCUT2D eigenvalue weighted by molar-refractivity contribution is 5.60. The fourth-order valence-corrected chi connectivity index (χ4v) is 2.32. The maximum atomic E-state index is 9.41. The predicted octanol–water partition coefficient (Wildman–Crippen LogP) is 1.49. The third-order valence-electron chi connectivity index (χ3n) is 3.19. The Hall–Kier alpha value is -1.22. The maximum Gasteiger partial charge on any atom is 0.116 e. The van der Waals surface area contributed by atoms with E-state index in [1.54, 1.807) is 6.07 Å². The van der Waals surface area contributed by atoms with Gasteiger partial charge in [-0.05, 0) is 49.6 Å². The summed E-state index contributed by atoms with van der Waals surface area (Å²) in [5, 5.41) is 9.41. The first-order valence-corrected chi connectivity index (χ1v) is 5.47. The third-order valence-corrected chi connectivity index (χ3v) is 3.19. The number of hydrogen-bond acceptors (Lipinski definition) is 3. The second-order valence-electron chi connectivity index (χ2n) is 4.21. The van der Waals surface area contributed by atoms with E-state index in [0.717, 1.165) is 25.8 Å². The lowest BCUT2D eigenvalue weighted by molar-refractivity contribution is 0.474. The van der Waals surface area contributed by atoms with Crippen molar-refractivity contribution in [2.75, 3.05) is 18.5 Å². The molecule has 1 atom stereocenters. The quantitative estimate of drug-likeness (QED) is 0.787. The first-order valence-electron chi connectivity index (χ1n) is 5.47. The molecule has 1 heterocycles. The molecule has 2 rings (SSSR count). The van der Waals surface area contributed by atoms with Crippen LogP contribution in [0.25, 0.3) is 0 Å². The van der Waals surface area contributed by atoms with Crippen molar-refractivity contribution in [3.05, 3.63) is 23.8 Å². The lowest BCUT2D eigenvalue weighted by Gasteiger charge is -2.22. The van der Waals surface area contributed by atoms with E-state index in [0.29, 0.717) is 11.8 Å². The van der Waals surface area contributed by atoms with Crippen molar-refractivity contribution in [2.45, 2.75) is 25.3 Å². The number of phenols is 1. The minimum Gasteiger partial charge on any atom is -0.508 e. The molecule has 3 N–H and O–H groups in total. The molecule has 0 radical (unpaired) electrons. The Bertz CT molecular complexity index is 351. The van der Waals surface area contributed by atoms with Crippen molar-refractivity contribution >= 4 is 5.69 Å². The molecule has 0 bridgehead atoms. The summed E-state index contributed by atoms with van der Waals surface area (Å²) < 4.78 is 0. The van der Waals surface area contributed by atoms with Gasteiger partial charge in [0.2, 0.25) is 0 Å². The maximum absolute atomic E-state index is 9.41. The number of nitrogens with two attached hydrogens (primary N) is 1. The van der Waals surface area contributed by atoms with Gasteiger partial charge in [0.1, 0.15) is 5.75 Å². The SMILES string of the molecule is CN1c2ccc(O)cc2CC1CCCN. The standard InChI is InChI=1S/C12H18N2O/c1-14-10(3-2-6-13)7-9-8-11(15)4-5-12(9)14/h4-5,8,10,15H,2-3,6-7,13H2,1H3. The second kappa shape index (κ2) is 4.11. The van der Waals surface area contributed by atoms with Gasteiger partial charge in [0.15, 0.2) is 0 Å². The Morgan fingerprint density at radius 1 is 1.53 bits per heavy atom. The van der Waals surface area contributed by atoms with E-state index < -0.39 is 0 Å². The molecular formula is C12H18N2O. The van der Waals surface area contributed by atoms with E-state index in [-0.39, 0.29) is 0 Å². The molecular weight excluding hydrogens is 188 g/mol. The molecule has 3 nitrogen and oxygen atoms in total. The second-order valence-corrected chi connectivity index (χ2v) is 4.21. The van der Waals surface area contributed by atoms with Crippen LogP contribution in [0.4, 0.5) is 5.69 Å². The molecule has 1 aliphatic heterocycles. The number of benzene rings is 1. The lowest BCUT2D eigenvalue weighted by Crippen LogP contribution is -2.28. The van der Waals surface area contributed by atoms with Gasteiger partial charge in [-0.1, -0.05) is 0 Å². The molecule has 1 aromatic carbocycles. The monoisotopic (exact) mass is 206 g/mol. The normalized spacial score (nSPS) is 19.3. The molecule has 3 heteroatoms. The fourth-order valence-electron chi connectivity index (χ4n) is 2.32. The minimum atomic E-state index is 0.363. The summed E-state index contributed by atoms with van der Waals surface area (Å²) in [6.45, 7) is 0.756. The van der Waals surface area contributed by atoms with Crippen LogP contribution >= 0.6 is 0 Å². The first-order chi connectivity index (χ1) is 7.22. The van der Waals surface area contributed by atoms with Gasteiger partial charge in [-0.15, -0.1) is 0 Å². The van der Waals surface area contributed by atoms with E-state index in [2.05, 4.69) is 11.9 Å². The van der Waals surface area contributed by atoms with Crippen LogP contribution in [-0.2, 0) is 6.42 Å². The van der Waals surface area contributed by atoms with Gasteiger partial charge < -0.3 is 15.7 Å². The largest absolute Gasteiger partial charge is 0.508 e. The number of likely N-dealkylation sites (N-methyl/N-ethyl adjacent to an activating group) is 1. The highest BCUT2D eigenvalue weighted by Gasteiger charge is 2.25. The van der Waals surface area contributed by atoms with Crippen molar-refractivity contribution < 1.29 is 5.11 Å². The molecule has 82 valence electrons. The average molecular weight is 206 g/mol. The van der Waals surface area contributed by atoms with Crippen LogP contribution in [-0.4, -0.2) is 24.7 Å². The van der Waals surface area contributed by atoms with Crippen LogP contribution in [0.3, 0.4) is 0 Å². The summed E-state index contributed by atoms with van der Waals surface area (Å²) in [6, 6.07) is 6.16. The van der Waals surface area contributed by atoms with Gasteiger partial charge in [0.25, 0.3) is 0 Å². The molecule has 0 aromatic heterocycles. The van der Waals surface area contributed by atoms with Crippen LogP contribution in [0.15, 0.2) is 18.2 Å². The molecule has 1 unspecified atom stereocenters. The zero-order chi connectivity index (χ0) is 10.8. The summed E-state index contributed by atoms with van der Waals surface area (Å²) in [7, 11) is 2.12. The Morgan fingerprint density at radius 3 is 3.07 bits per heavy atom. The van der Waals surface area contributed by atoms with Crippen LogP contribution in [0.5, 0.6) is 5.75 Å². The van der Waals surface area contributed by atoms with Gasteiger partial charge in [0, 0.05) is 18.8 Å². The highest BCUT2D eigenvalue weighted by Crippen LogP contribution is 2.34. The molecule has 15 heavy (non-hydrogen) atoms. The van der Waals surface area contributed by atoms with Gasteiger partial charge in [-0.2, -0.15) is 0 Å². The molecule has 0 saturated carbocycles. The van der Waals surface area contributed by atoms with Crippen LogP contribution in [0, 0.1) is 0 Å². The first kappa shape index (κ1) is 10.3. The van der Waals surface area contributed by atoms with Gasteiger partial charge in [0.05, 0.1) is 0 Å². The number of nitrogens with zero attached hydrogens (tertiary/aromatic N) is 1. The van der Waals surface area contributed by atoms with Crippen LogP contribution in [0.2, 0.25) is 0 Å². The summed E-state index contributed by atoms with van der Waals surface area (Å²) >= 11 is 0. The number of hydrogen-bond donors (Lipinski definition) is 2. The van der Waals surface area contributed by atoms with Gasteiger partial charge in [-0.3, -0.25) is 0 Å². The van der Waals surface area contributed by atoms with E-state index >= 15 is 0 Å². The molecule has 0 spiro atoms. The van der Waals surface area contributed by atoms with Crippen molar-refractivity contribution in [2.24, 2.45) is 5.73 Å². The third kappa shape index (κ3) is 1.92. The van der Waals surface area contributed by atoms with Crippen molar-refractivity contribution in [1.82, 2.24) is 0 Å². The number of anilines is 1. The zero-order valence-corrected chi connectivity index (χ0v) is 9.11. The van der Waals surface area contributed by atoms with E-state index in [9.17, 15) is 5.11 Å². The molecule has 0 saturated heterocycles. The molecule has 1 aliphatic rings. The van der Waals surface area contributed by atoms with Crippen molar-refractivity contribution in [3.8, 4) is 5.75 Å². The molecule has 0 fully saturated rings. The van der Waals surface area contributed by atoms with Crippen molar-refractivity contribution in [3.63, 3.8) is 0 Å². The topological polar surface area (TPSA) is 49.5 Å².